The Morgan fingerprint density at radius 2 is 1.93 bits per heavy atom. The number of benzene rings is 2. The maximum Gasteiger partial charge on any atom is 0.270 e. The molecule has 0 unspecified atom stereocenters. The fourth-order valence-electron chi connectivity index (χ4n) is 2.73. The van der Waals surface area contributed by atoms with Gasteiger partial charge in [0.15, 0.2) is 4.34 Å². The second-order valence-corrected chi connectivity index (χ2v) is 9.57. The number of non-ortho nitro benzene ring substituents is 1. The molecule has 0 spiro atoms. The third kappa shape index (κ3) is 4.88. The first-order chi connectivity index (χ1) is 13.2. The summed E-state index contributed by atoms with van der Waals surface area (Å²) < 4.78 is 1.48. The Hall–Kier alpha value is -2.45. The molecule has 0 aliphatic heterocycles. The number of nitro benzene ring substituents is 1. The zero-order valence-electron chi connectivity index (χ0n) is 15.9. The highest BCUT2D eigenvalue weighted by Gasteiger charge is 2.26. The molecule has 3 aromatic rings. The fraction of sp³-hybridized carbons (Fsp3) is 0.300. The van der Waals surface area contributed by atoms with E-state index in [0.29, 0.717) is 12.1 Å². The lowest BCUT2D eigenvalue weighted by molar-refractivity contribution is -0.384. The predicted molar refractivity (Wildman–Crippen MR) is 114 cm³/mol. The lowest BCUT2D eigenvalue weighted by Gasteiger charge is -2.36. The molecule has 3 rings (SSSR count). The SMILES string of the molecule is CC(C)(C)N(Cc1ccccc1)C(=O)CSc1nc2ccc([N+](=O)[O-])cc2s1. The first-order valence-electron chi connectivity index (χ1n) is 8.76. The molecule has 1 amide bonds. The van der Waals surface area contributed by atoms with E-state index in [1.54, 1.807) is 6.07 Å². The monoisotopic (exact) mass is 415 g/mol. The predicted octanol–water partition coefficient (Wildman–Crippen LogP) is 5.12. The molecule has 0 aliphatic rings. The number of carbonyl (C=O) groups is 1. The van der Waals surface area contributed by atoms with Gasteiger partial charge in [0, 0.05) is 24.2 Å². The van der Waals surface area contributed by atoms with Crippen LogP contribution in [0, 0.1) is 10.1 Å². The number of nitrogens with zero attached hydrogens (tertiary/aromatic N) is 3. The maximum absolute atomic E-state index is 12.9. The Bertz CT molecular complexity index is 997. The molecule has 28 heavy (non-hydrogen) atoms. The van der Waals surface area contributed by atoms with Crippen LogP contribution >= 0.6 is 23.1 Å². The average Bonchev–Trinajstić information content (AvgIpc) is 3.06. The smallest absolute Gasteiger partial charge is 0.270 e. The molecule has 1 heterocycles. The summed E-state index contributed by atoms with van der Waals surface area (Å²) in [5.74, 6) is 0.304. The minimum Gasteiger partial charge on any atom is -0.333 e. The summed E-state index contributed by atoms with van der Waals surface area (Å²) in [4.78, 5) is 29.8. The van der Waals surface area contributed by atoms with Gasteiger partial charge >= 0.3 is 0 Å². The molecular weight excluding hydrogens is 394 g/mol. The van der Waals surface area contributed by atoms with E-state index in [1.165, 1.54) is 35.2 Å². The second kappa shape index (κ2) is 8.28. The Balaban J connectivity index is 1.71. The molecular formula is C20H21N3O3S2. The van der Waals surface area contributed by atoms with Crippen molar-refractivity contribution in [2.75, 3.05) is 5.75 Å². The van der Waals surface area contributed by atoms with Crippen LogP contribution in [0.5, 0.6) is 0 Å². The van der Waals surface area contributed by atoms with Gasteiger partial charge in [-0.2, -0.15) is 0 Å². The van der Waals surface area contributed by atoms with Crippen molar-refractivity contribution in [3.8, 4) is 0 Å². The maximum atomic E-state index is 12.9. The van der Waals surface area contributed by atoms with E-state index >= 15 is 0 Å². The normalized spacial score (nSPS) is 11.5. The van der Waals surface area contributed by atoms with Gasteiger partial charge in [-0.15, -0.1) is 11.3 Å². The van der Waals surface area contributed by atoms with Crippen molar-refractivity contribution in [1.82, 2.24) is 9.88 Å². The van der Waals surface area contributed by atoms with Crippen LogP contribution in [0.4, 0.5) is 5.69 Å². The van der Waals surface area contributed by atoms with Crippen molar-refractivity contribution in [1.29, 1.82) is 0 Å². The van der Waals surface area contributed by atoms with Crippen LogP contribution in [0.2, 0.25) is 0 Å². The van der Waals surface area contributed by atoms with Crippen LogP contribution in [-0.4, -0.2) is 32.0 Å². The van der Waals surface area contributed by atoms with Gasteiger partial charge in [-0.25, -0.2) is 4.98 Å². The van der Waals surface area contributed by atoms with E-state index in [1.807, 2.05) is 56.0 Å². The van der Waals surface area contributed by atoms with Crippen LogP contribution in [0.25, 0.3) is 10.2 Å². The number of nitro groups is 1. The number of hydrogen-bond acceptors (Lipinski definition) is 6. The molecule has 1 aromatic heterocycles. The van der Waals surface area contributed by atoms with Gasteiger partial charge in [-0.1, -0.05) is 42.1 Å². The van der Waals surface area contributed by atoms with Crippen molar-refractivity contribution in [2.45, 2.75) is 37.2 Å². The third-order valence-electron chi connectivity index (χ3n) is 4.18. The van der Waals surface area contributed by atoms with Crippen LogP contribution < -0.4 is 0 Å². The van der Waals surface area contributed by atoms with Crippen LogP contribution in [0.1, 0.15) is 26.3 Å². The summed E-state index contributed by atoms with van der Waals surface area (Å²) in [5.41, 5.74) is 1.54. The van der Waals surface area contributed by atoms with E-state index in [9.17, 15) is 14.9 Å². The third-order valence-corrected chi connectivity index (χ3v) is 6.32. The zero-order valence-corrected chi connectivity index (χ0v) is 17.5. The largest absolute Gasteiger partial charge is 0.333 e. The quantitative estimate of drug-likeness (QED) is 0.317. The van der Waals surface area contributed by atoms with E-state index in [4.69, 9.17) is 0 Å². The molecule has 6 nitrogen and oxygen atoms in total. The summed E-state index contributed by atoms with van der Waals surface area (Å²) in [5, 5.41) is 10.9. The number of rotatable bonds is 6. The highest BCUT2D eigenvalue weighted by atomic mass is 32.2. The van der Waals surface area contributed by atoms with Crippen molar-refractivity contribution < 1.29 is 9.72 Å². The number of carbonyl (C=O) groups excluding carboxylic acids is 1. The Morgan fingerprint density at radius 3 is 2.57 bits per heavy atom. The van der Waals surface area contributed by atoms with Gasteiger partial charge in [0.05, 0.1) is 20.9 Å². The summed E-state index contributed by atoms with van der Waals surface area (Å²) in [7, 11) is 0. The first-order valence-corrected chi connectivity index (χ1v) is 10.6. The molecule has 0 saturated heterocycles. The Morgan fingerprint density at radius 1 is 1.21 bits per heavy atom. The fourth-order valence-corrected chi connectivity index (χ4v) is 4.71. The summed E-state index contributed by atoms with van der Waals surface area (Å²) in [6.07, 6.45) is 0. The number of fused-ring (bicyclic) bond motifs is 1. The topological polar surface area (TPSA) is 76.3 Å². The molecule has 0 fully saturated rings. The number of thiazole rings is 1. The molecule has 8 heteroatoms. The van der Waals surface area contributed by atoms with Gasteiger partial charge in [0.1, 0.15) is 0 Å². The van der Waals surface area contributed by atoms with Crippen molar-refractivity contribution in [2.24, 2.45) is 0 Å². The summed E-state index contributed by atoms with van der Waals surface area (Å²) in [6.45, 7) is 6.62. The highest BCUT2D eigenvalue weighted by Crippen LogP contribution is 2.32. The van der Waals surface area contributed by atoms with Crippen LogP contribution in [0.15, 0.2) is 52.9 Å². The first kappa shape index (κ1) is 20.3. The average molecular weight is 416 g/mol. The van der Waals surface area contributed by atoms with Crippen LogP contribution in [-0.2, 0) is 11.3 Å². The molecule has 0 radical (unpaired) electrons. The van der Waals surface area contributed by atoms with Gasteiger partial charge in [-0.05, 0) is 32.4 Å². The molecule has 2 aromatic carbocycles. The van der Waals surface area contributed by atoms with Crippen molar-refractivity contribution in [3.05, 3.63) is 64.2 Å². The minimum atomic E-state index is -0.416. The second-order valence-electron chi connectivity index (χ2n) is 7.31. The number of aromatic nitrogens is 1. The molecule has 0 bridgehead atoms. The molecule has 146 valence electrons. The van der Waals surface area contributed by atoms with E-state index in [2.05, 4.69) is 4.98 Å². The lowest BCUT2D eigenvalue weighted by atomic mass is 10.0. The molecule has 0 saturated carbocycles. The highest BCUT2D eigenvalue weighted by molar-refractivity contribution is 8.01. The van der Waals surface area contributed by atoms with E-state index < -0.39 is 4.92 Å². The molecule has 0 atom stereocenters. The molecule has 0 N–H and O–H groups in total. The van der Waals surface area contributed by atoms with Gasteiger partial charge in [0.25, 0.3) is 5.69 Å². The number of hydrogen-bond donors (Lipinski definition) is 0. The standard InChI is InChI=1S/C20H21N3O3S2/c1-20(2,3)22(12-14-7-5-4-6-8-14)18(24)13-27-19-21-16-10-9-15(23(25)26)11-17(16)28-19/h4-11H,12-13H2,1-3H3. The van der Waals surface area contributed by atoms with E-state index in [0.717, 1.165) is 14.6 Å². The Kier molecular flexibility index (Phi) is 6.00. The number of amides is 1. The zero-order chi connectivity index (χ0) is 20.3. The van der Waals surface area contributed by atoms with Crippen LogP contribution in [0.3, 0.4) is 0 Å². The van der Waals surface area contributed by atoms with E-state index in [-0.39, 0.29) is 22.9 Å². The minimum absolute atomic E-state index is 0.0339. The van der Waals surface area contributed by atoms with Gasteiger partial charge in [0.2, 0.25) is 5.91 Å². The van der Waals surface area contributed by atoms with Crippen molar-refractivity contribution >= 4 is 44.9 Å². The van der Waals surface area contributed by atoms with Crippen molar-refractivity contribution in [3.63, 3.8) is 0 Å². The van der Waals surface area contributed by atoms with Gasteiger partial charge < -0.3 is 4.90 Å². The molecule has 0 aliphatic carbocycles. The Labute approximate surface area is 171 Å². The lowest BCUT2D eigenvalue weighted by Crippen LogP contribution is -2.45. The summed E-state index contributed by atoms with van der Waals surface area (Å²) in [6, 6.07) is 14.5. The number of thioether (sulfide) groups is 1. The van der Waals surface area contributed by atoms with Gasteiger partial charge in [-0.3, -0.25) is 14.9 Å². The summed E-state index contributed by atoms with van der Waals surface area (Å²) >= 11 is 2.74.